The van der Waals surface area contributed by atoms with Gasteiger partial charge in [-0.2, -0.15) is 0 Å². The van der Waals surface area contributed by atoms with E-state index in [0.29, 0.717) is 17.3 Å². The second-order valence-corrected chi connectivity index (χ2v) is 9.21. The van der Waals surface area contributed by atoms with Crippen LogP contribution in [0.25, 0.3) is 22.3 Å². The summed E-state index contributed by atoms with van der Waals surface area (Å²) in [7, 11) is 0. The Balaban J connectivity index is 1.54. The summed E-state index contributed by atoms with van der Waals surface area (Å²) >= 11 is 0. The minimum absolute atomic E-state index is 0.144. The molecule has 2 aromatic carbocycles. The zero-order chi connectivity index (χ0) is 21.6. The van der Waals surface area contributed by atoms with Crippen molar-refractivity contribution < 1.29 is 9.90 Å². The molecule has 6 heteroatoms. The Labute approximate surface area is 182 Å². The Morgan fingerprint density at radius 3 is 2.77 bits per heavy atom. The van der Waals surface area contributed by atoms with E-state index in [4.69, 9.17) is 15.7 Å². The molecule has 160 valence electrons. The second-order valence-electron chi connectivity index (χ2n) is 9.21. The van der Waals surface area contributed by atoms with Crippen LogP contribution in [0.3, 0.4) is 0 Å². The van der Waals surface area contributed by atoms with Gasteiger partial charge in [0.2, 0.25) is 5.91 Å². The fourth-order valence-corrected chi connectivity index (χ4v) is 4.93. The molecule has 2 aliphatic rings. The average molecular weight is 417 g/mol. The minimum atomic E-state index is -0.278. The molecule has 1 saturated carbocycles. The highest BCUT2D eigenvalue weighted by Gasteiger charge is 2.49. The van der Waals surface area contributed by atoms with E-state index < -0.39 is 0 Å². The van der Waals surface area contributed by atoms with Crippen molar-refractivity contribution in [2.24, 2.45) is 17.1 Å². The normalized spacial score (nSPS) is 20.0. The summed E-state index contributed by atoms with van der Waals surface area (Å²) < 4.78 is 0. The molecule has 2 fully saturated rings. The van der Waals surface area contributed by atoms with Crippen LogP contribution in [-0.4, -0.2) is 34.1 Å². The Hall–Kier alpha value is -3.15. The van der Waals surface area contributed by atoms with Gasteiger partial charge >= 0.3 is 0 Å². The van der Waals surface area contributed by atoms with Crippen LogP contribution < -0.4 is 10.6 Å². The van der Waals surface area contributed by atoms with E-state index in [1.165, 1.54) is 0 Å². The van der Waals surface area contributed by atoms with Gasteiger partial charge in [0.1, 0.15) is 11.6 Å². The first-order valence-electron chi connectivity index (χ1n) is 11.1. The highest BCUT2D eigenvalue weighted by Crippen LogP contribution is 2.51. The molecule has 31 heavy (non-hydrogen) atoms. The lowest BCUT2D eigenvalue weighted by atomic mass is 9.86. The molecule has 1 saturated heterocycles. The van der Waals surface area contributed by atoms with Crippen molar-refractivity contribution in [3.05, 3.63) is 48.0 Å². The molecule has 1 amide bonds. The highest BCUT2D eigenvalue weighted by molar-refractivity contribution is 5.92. The molecule has 0 bridgehead atoms. The van der Waals surface area contributed by atoms with Gasteiger partial charge in [0.05, 0.1) is 11.1 Å². The highest BCUT2D eigenvalue weighted by atomic mass is 16.3. The van der Waals surface area contributed by atoms with Crippen molar-refractivity contribution in [2.75, 3.05) is 18.0 Å². The standard InChI is InChI=1S/C25H28N4O2/c1-16-8-9-18-20(13-16)27-22(19-6-2-3-7-21(19)30)28-23(18)29-12-4-5-17(15-29)14-25(10-11-25)24(26)31/h2-3,6-9,13,17,30H,4-5,10-12,14-15H2,1H3,(H2,26,31). The summed E-state index contributed by atoms with van der Waals surface area (Å²) in [6, 6.07) is 13.4. The summed E-state index contributed by atoms with van der Waals surface area (Å²) in [5.74, 6) is 1.89. The Morgan fingerprint density at radius 2 is 2.03 bits per heavy atom. The third-order valence-electron chi connectivity index (χ3n) is 6.85. The number of carbonyl (C=O) groups excluding carboxylic acids is 1. The number of hydrogen-bond acceptors (Lipinski definition) is 5. The first-order valence-corrected chi connectivity index (χ1v) is 11.1. The Kier molecular flexibility index (Phi) is 4.80. The number of phenols is 1. The van der Waals surface area contributed by atoms with Crippen molar-refractivity contribution >= 4 is 22.6 Å². The van der Waals surface area contributed by atoms with Gasteiger partial charge in [-0.1, -0.05) is 18.2 Å². The van der Waals surface area contributed by atoms with Gasteiger partial charge < -0.3 is 15.7 Å². The molecule has 5 rings (SSSR count). The van der Waals surface area contributed by atoms with Crippen LogP contribution in [-0.2, 0) is 4.79 Å². The van der Waals surface area contributed by atoms with E-state index >= 15 is 0 Å². The van der Waals surface area contributed by atoms with Crippen molar-refractivity contribution in [2.45, 2.75) is 39.0 Å². The number of benzene rings is 2. The Bertz CT molecular complexity index is 1160. The largest absolute Gasteiger partial charge is 0.507 e. The number of carbonyl (C=O) groups is 1. The summed E-state index contributed by atoms with van der Waals surface area (Å²) in [5, 5.41) is 11.4. The lowest BCUT2D eigenvalue weighted by Gasteiger charge is -2.35. The molecule has 2 heterocycles. The number of hydrogen-bond donors (Lipinski definition) is 2. The number of primary amides is 1. The molecule has 0 radical (unpaired) electrons. The van der Waals surface area contributed by atoms with Gasteiger partial charge in [-0.05, 0) is 74.8 Å². The summed E-state index contributed by atoms with van der Waals surface area (Å²) in [5.41, 5.74) is 8.05. The number of nitrogens with two attached hydrogens (primary N) is 1. The SMILES string of the molecule is Cc1ccc2c(N3CCCC(CC4(C(N)=O)CC4)C3)nc(-c3ccccc3O)nc2c1. The van der Waals surface area contributed by atoms with Gasteiger partial charge in [0, 0.05) is 23.9 Å². The fourth-order valence-electron chi connectivity index (χ4n) is 4.93. The quantitative estimate of drug-likeness (QED) is 0.651. The van der Waals surface area contributed by atoms with Crippen molar-refractivity contribution in [3.8, 4) is 17.1 Å². The molecule has 1 atom stereocenters. The van der Waals surface area contributed by atoms with Gasteiger partial charge in [0.15, 0.2) is 5.82 Å². The van der Waals surface area contributed by atoms with E-state index in [1.807, 2.05) is 12.1 Å². The Morgan fingerprint density at radius 1 is 1.23 bits per heavy atom. The molecular formula is C25H28N4O2. The van der Waals surface area contributed by atoms with Gasteiger partial charge in [-0.15, -0.1) is 0 Å². The first kappa shape index (κ1) is 19.8. The van der Waals surface area contributed by atoms with Gasteiger partial charge in [0.25, 0.3) is 0 Å². The summed E-state index contributed by atoms with van der Waals surface area (Å²) in [4.78, 5) is 23.9. The molecule has 3 aromatic rings. The predicted octanol–water partition coefficient (Wildman–Crippen LogP) is 4.18. The maximum atomic E-state index is 11.9. The molecule has 6 nitrogen and oxygen atoms in total. The number of rotatable bonds is 5. The van der Waals surface area contributed by atoms with Crippen LogP contribution in [0.4, 0.5) is 5.82 Å². The van der Waals surface area contributed by atoms with Gasteiger partial charge in [-0.3, -0.25) is 4.79 Å². The van der Waals surface area contributed by atoms with Crippen molar-refractivity contribution in [1.29, 1.82) is 0 Å². The van der Waals surface area contributed by atoms with E-state index in [-0.39, 0.29) is 17.1 Å². The predicted molar refractivity (Wildman–Crippen MR) is 122 cm³/mol. The second kappa shape index (κ2) is 7.52. The molecule has 1 aliphatic heterocycles. The van der Waals surface area contributed by atoms with Crippen LogP contribution >= 0.6 is 0 Å². The topological polar surface area (TPSA) is 92.3 Å². The zero-order valence-electron chi connectivity index (χ0n) is 17.8. The van der Waals surface area contributed by atoms with Crippen LogP contribution in [0.2, 0.25) is 0 Å². The number of aromatic nitrogens is 2. The number of aryl methyl sites for hydroxylation is 1. The van der Waals surface area contributed by atoms with Crippen molar-refractivity contribution in [1.82, 2.24) is 9.97 Å². The van der Waals surface area contributed by atoms with E-state index in [2.05, 4.69) is 30.0 Å². The third kappa shape index (κ3) is 3.71. The van der Waals surface area contributed by atoms with Crippen LogP contribution in [0, 0.1) is 18.3 Å². The maximum absolute atomic E-state index is 11.9. The lowest BCUT2D eigenvalue weighted by molar-refractivity contribution is -0.123. The van der Waals surface area contributed by atoms with E-state index in [9.17, 15) is 9.90 Å². The molecule has 1 aliphatic carbocycles. The van der Waals surface area contributed by atoms with Crippen LogP contribution in [0.15, 0.2) is 42.5 Å². The van der Waals surface area contributed by atoms with E-state index in [0.717, 1.165) is 67.5 Å². The number of phenolic OH excluding ortho intramolecular Hbond substituents is 1. The molecule has 0 spiro atoms. The number of piperidine rings is 1. The summed E-state index contributed by atoms with van der Waals surface area (Å²) in [6.45, 7) is 3.83. The molecular weight excluding hydrogens is 388 g/mol. The molecule has 1 unspecified atom stereocenters. The summed E-state index contributed by atoms with van der Waals surface area (Å²) in [6.07, 6.45) is 4.88. The fraction of sp³-hybridized carbons (Fsp3) is 0.400. The van der Waals surface area contributed by atoms with Crippen LogP contribution in [0.1, 0.15) is 37.7 Å². The molecule has 1 aromatic heterocycles. The number of nitrogens with zero attached hydrogens (tertiary/aromatic N) is 3. The average Bonchev–Trinajstić information content (AvgIpc) is 3.54. The number of fused-ring (bicyclic) bond motifs is 1. The monoisotopic (exact) mass is 416 g/mol. The minimum Gasteiger partial charge on any atom is -0.507 e. The maximum Gasteiger partial charge on any atom is 0.223 e. The smallest absolute Gasteiger partial charge is 0.223 e. The number of amides is 1. The number of para-hydroxylation sites is 1. The zero-order valence-corrected chi connectivity index (χ0v) is 17.8. The molecule has 3 N–H and O–H groups in total. The first-order chi connectivity index (χ1) is 14.9. The van der Waals surface area contributed by atoms with Gasteiger partial charge in [-0.25, -0.2) is 9.97 Å². The van der Waals surface area contributed by atoms with E-state index in [1.54, 1.807) is 12.1 Å². The van der Waals surface area contributed by atoms with Crippen molar-refractivity contribution in [3.63, 3.8) is 0 Å². The number of anilines is 1. The number of aromatic hydroxyl groups is 1. The lowest BCUT2D eigenvalue weighted by Crippen LogP contribution is -2.38. The van der Waals surface area contributed by atoms with Crippen LogP contribution in [0.5, 0.6) is 5.75 Å². The third-order valence-corrected chi connectivity index (χ3v) is 6.85.